The van der Waals surface area contributed by atoms with Crippen molar-refractivity contribution in [2.24, 2.45) is 4.99 Å². The number of carbonyl (C=O) groups is 1. The molecular formula is C32H27Br2FN2O5S. The van der Waals surface area contributed by atoms with Crippen molar-refractivity contribution in [1.29, 1.82) is 0 Å². The van der Waals surface area contributed by atoms with Gasteiger partial charge in [0, 0.05) is 10.0 Å². The van der Waals surface area contributed by atoms with Gasteiger partial charge in [0.15, 0.2) is 4.80 Å². The first kappa shape index (κ1) is 30.9. The molecule has 3 aromatic carbocycles. The van der Waals surface area contributed by atoms with E-state index in [1.165, 1.54) is 28.0 Å². The van der Waals surface area contributed by atoms with Gasteiger partial charge in [-0.05, 0) is 90.3 Å². The highest BCUT2D eigenvalue weighted by molar-refractivity contribution is 9.11. The normalized spacial score (nSPS) is 14.7. The number of hydrogen-bond acceptors (Lipinski definition) is 7. The van der Waals surface area contributed by atoms with Crippen LogP contribution in [0.2, 0.25) is 0 Å². The van der Waals surface area contributed by atoms with Crippen LogP contribution in [0.25, 0.3) is 6.08 Å². The van der Waals surface area contributed by atoms with Crippen molar-refractivity contribution >= 4 is 55.2 Å². The van der Waals surface area contributed by atoms with E-state index in [1.807, 2.05) is 43.3 Å². The van der Waals surface area contributed by atoms with Crippen LogP contribution in [-0.4, -0.2) is 23.8 Å². The van der Waals surface area contributed by atoms with Crippen molar-refractivity contribution in [1.82, 2.24) is 4.57 Å². The summed E-state index contributed by atoms with van der Waals surface area (Å²) in [5.74, 6) is 0.356. The molecule has 7 nitrogen and oxygen atoms in total. The van der Waals surface area contributed by atoms with Gasteiger partial charge in [-0.2, -0.15) is 0 Å². The molecular weight excluding hydrogens is 703 g/mol. The first-order valence-electron chi connectivity index (χ1n) is 13.5. The number of halogens is 3. The zero-order valence-corrected chi connectivity index (χ0v) is 27.5. The predicted molar refractivity (Wildman–Crippen MR) is 171 cm³/mol. The fourth-order valence-electron chi connectivity index (χ4n) is 4.74. The monoisotopic (exact) mass is 728 g/mol. The minimum absolute atomic E-state index is 0.189. The van der Waals surface area contributed by atoms with E-state index in [1.54, 1.807) is 32.1 Å². The molecule has 1 aliphatic heterocycles. The van der Waals surface area contributed by atoms with E-state index < -0.39 is 12.0 Å². The first-order chi connectivity index (χ1) is 20.7. The van der Waals surface area contributed by atoms with Crippen LogP contribution in [0.1, 0.15) is 43.5 Å². The Bertz CT molecular complexity index is 1880. The molecule has 0 bridgehead atoms. The second-order valence-corrected chi connectivity index (χ2v) is 12.3. The molecule has 2 heterocycles. The summed E-state index contributed by atoms with van der Waals surface area (Å²) in [6, 6.07) is 16.4. The average molecular weight is 730 g/mol. The first-order valence-corrected chi connectivity index (χ1v) is 15.9. The summed E-state index contributed by atoms with van der Waals surface area (Å²) in [5.41, 5.74) is 2.64. The lowest BCUT2D eigenvalue weighted by molar-refractivity contribution is -0.139. The second kappa shape index (κ2) is 13.4. The summed E-state index contributed by atoms with van der Waals surface area (Å²) in [6.45, 7) is 6.29. The SMILES string of the molecule is CCOC(=O)C1=C(C)N=c2s/c(=C\c3cc(Br)cc(Br)c3OCc3ccc(F)cc3)c(=O)n2[C@H]1c1ccc(OCC)cc1. The van der Waals surface area contributed by atoms with Gasteiger partial charge in [-0.3, -0.25) is 9.36 Å². The van der Waals surface area contributed by atoms with E-state index in [-0.39, 0.29) is 24.6 Å². The van der Waals surface area contributed by atoms with Crippen LogP contribution in [0.4, 0.5) is 4.39 Å². The van der Waals surface area contributed by atoms with Crippen LogP contribution >= 0.6 is 43.2 Å². The van der Waals surface area contributed by atoms with Crippen LogP contribution < -0.4 is 24.4 Å². The van der Waals surface area contributed by atoms with Crippen LogP contribution in [0, 0.1) is 5.82 Å². The molecule has 222 valence electrons. The van der Waals surface area contributed by atoms with Crippen molar-refractivity contribution < 1.29 is 23.4 Å². The third-order valence-electron chi connectivity index (χ3n) is 6.64. The molecule has 11 heteroatoms. The van der Waals surface area contributed by atoms with Gasteiger partial charge in [0.1, 0.15) is 23.9 Å². The van der Waals surface area contributed by atoms with Gasteiger partial charge >= 0.3 is 5.97 Å². The molecule has 5 rings (SSSR count). The third-order valence-corrected chi connectivity index (χ3v) is 8.67. The number of ether oxygens (including phenoxy) is 3. The minimum Gasteiger partial charge on any atom is -0.494 e. The van der Waals surface area contributed by atoms with Crippen LogP contribution in [-0.2, 0) is 16.1 Å². The number of hydrogen-bond donors (Lipinski definition) is 0. The average Bonchev–Trinajstić information content (AvgIpc) is 3.27. The molecule has 1 aliphatic rings. The zero-order valence-electron chi connectivity index (χ0n) is 23.5. The lowest BCUT2D eigenvalue weighted by atomic mass is 9.96. The van der Waals surface area contributed by atoms with Gasteiger partial charge in [0.25, 0.3) is 5.56 Å². The van der Waals surface area contributed by atoms with Gasteiger partial charge in [0.2, 0.25) is 0 Å². The predicted octanol–water partition coefficient (Wildman–Crippen LogP) is 6.44. The Morgan fingerprint density at radius 1 is 1.05 bits per heavy atom. The van der Waals surface area contributed by atoms with E-state index >= 15 is 0 Å². The molecule has 0 N–H and O–H groups in total. The maximum Gasteiger partial charge on any atom is 0.338 e. The maximum absolute atomic E-state index is 14.1. The smallest absolute Gasteiger partial charge is 0.338 e. The molecule has 4 aromatic rings. The van der Waals surface area contributed by atoms with Gasteiger partial charge in [0.05, 0.1) is 39.5 Å². The molecule has 0 radical (unpaired) electrons. The van der Waals surface area contributed by atoms with Crippen molar-refractivity contribution in [2.45, 2.75) is 33.4 Å². The number of carbonyl (C=O) groups excluding carboxylic acids is 1. The molecule has 43 heavy (non-hydrogen) atoms. The van der Waals surface area contributed by atoms with Crippen LogP contribution in [0.15, 0.2) is 90.7 Å². The number of thiazole rings is 1. The highest BCUT2D eigenvalue weighted by atomic mass is 79.9. The Morgan fingerprint density at radius 3 is 2.44 bits per heavy atom. The highest BCUT2D eigenvalue weighted by Crippen LogP contribution is 2.35. The Kier molecular flexibility index (Phi) is 9.63. The van der Waals surface area contributed by atoms with Crippen LogP contribution in [0.3, 0.4) is 0 Å². The van der Waals surface area contributed by atoms with E-state index in [0.717, 1.165) is 15.6 Å². The summed E-state index contributed by atoms with van der Waals surface area (Å²) in [7, 11) is 0. The van der Waals surface area contributed by atoms with Gasteiger partial charge in [-0.1, -0.05) is 51.5 Å². The molecule has 0 fully saturated rings. The van der Waals surface area contributed by atoms with Crippen molar-refractivity contribution in [2.75, 3.05) is 13.2 Å². The lowest BCUT2D eigenvalue weighted by Gasteiger charge is -2.24. The molecule has 0 amide bonds. The molecule has 0 saturated carbocycles. The molecule has 0 aliphatic carbocycles. The van der Waals surface area contributed by atoms with Crippen molar-refractivity contribution in [3.8, 4) is 11.5 Å². The summed E-state index contributed by atoms with van der Waals surface area (Å²) in [4.78, 5) is 32.4. The Morgan fingerprint density at radius 2 is 1.77 bits per heavy atom. The number of benzene rings is 3. The fraction of sp³-hybridized carbons (Fsp3) is 0.219. The molecule has 0 unspecified atom stereocenters. The van der Waals surface area contributed by atoms with E-state index in [2.05, 4.69) is 36.9 Å². The van der Waals surface area contributed by atoms with Gasteiger partial charge in [-0.15, -0.1) is 0 Å². The second-order valence-electron chi connectivity index (χ2n) is 9.53. The van der Waals surface area contributed by atoms with E-state index in [4.69, 9.17) is 14.2 Å². The molecule has 0 saturated heterocycles. The molecule has 0 spiro atoms. The van der Waals surface area contributed by atoms with Gasteiger partial charge < -0.3 is 14.2 Å². The highest BCUT2D eigenvalue weighted by Gasteiger charge is 2.33. The zero-order chi connectivity index (χ0) is 30.7. The number of fused-ring (bicyclic) bond motifs is 1. The number of nitrogens with zero attached hydrogens (tertiary/aromatic N) is 2. The topological polar surface area (TPSA) is 79.1 Å². The number of rotatable bonds is 9. The third kappa shape index (κ3) is 6.68. The Hall–Kier alpha value is -3.54. The fourth-order valence-corrected chi connectivity index (χ4v) is 7.15. The van der Waals surface area contributed by atoms with Gasteiger partial charge in [-0.25, -0.2) is 14.2 Å². The number of allylic oxidation sites excluding steroid dienone is 1. The Labute approximate surface area is 268 Å². The number of esters is 1. The standard InChI is InChI=1S/C32H27Br2FN2O5S/c1-4-40-24-12-8-20(9-13-24)28-27(31(39)41-5-2)18(3)36-32-37(28)30(38)26(43-32)15-21-14-22(33)16-25(34)29(21)42-17-19-6-10-23(35)11-7-19/h6-16,28H,4-5,17H2,1-3H3/b26-15-/t28-/m0/s1. The van der Waals surface area contributed by atoms with E-state index in [9.17, 15) is 14.0 Å². The quantitative estimate of drug-likeness (QED) is 0.186. The minimum atomic E-state index is -0.739. The van der Waals surface area contributed by atoms with Crippen LogP contribution in [0.5, 0.6) is 11.5 Å². The van der Waals surface area contributed by atoms with Crippen molar-refractivity contribution in [3.63, 3.8) is 0 Å². The van der Waals surface area contributed by atoms with Crippen molar-refractivity contribution in [3.05, 3.63) is 123 Å². The summed E-state index contributed by atoms with van der Waals surface area (Å²) < 4.78 is 33.9. The Balaban J connectivity index is 1.63. The summed E-state index contributed by atoms with van der Waals surface area (Å²) in [5, 5.41) is 0. The largest absolute Gasteiger partial charge is 0.494 e. The molecule has 1 atom stereocenters. The molecule has 1 aromatic heterocycles. The summed E-state index contributed by atoms with van der Waals surface area (Å²) >= 11 is 8.33. The summed E-state index contributed by atoms with van der Waals surface area (Å²) in [6.07, 6.45) is 1.75. The number of aromatic nitrogens is 1. The maximum atomic E-state index is 14.1. The lowest BCUT2D eigenvalue weighted by Crippen LogP contribution is -2.39. The van der Waals surface area contributed by atoms with E-state index in [0.29, 0.717) is 48.7 Å².